The lowest BCUT2D eigenvalue weighted by atomic mass is 10.1. The highest BCUT2D eigenvalue weighted by atomic mass is 32.1. The van der Waals surface area contributed by atoms with Crippen molar-refractivity contribution in [1.82, 2.24) is 9.88 Å². The molecule has 2 heterocycles. The second-order valence-electron chi connectivity index (χ2n) is 4.98. The third-order valence-corrected chi connectivity index (χ3v) is 3.75. The van der Waals surface area contributed by atoms with E-state index in [1.54, 1.807) is 29.9 Å². The first-order chi connectivity index (χ1) is 11.0. The Hall–Kier alpha value is -2.80. The molecule has 3 rings (SSSR count). The Labute approximate surface area is 137 Å². The summed E-state index contributed by atoms with van der Waals surface area (Å²) in [4.78, 5) is 25.9. The number of nitrogens with zero attached hydrogens (tertiary/aromatic N) is 2. The summed E-state index contributed by atoms with van der Waals surface area (Å²) in [6, 6.07) is 8.89. The van der Waals surface area contributed by atoms with Crippen molar-refractivity contribution in [1.29, 1.82) is 0 Å². The van der Waals surface area contributed by atoms with Crippen LogP contribution < -0.4 is 10.2 Å². The van der Waals surface area contributed by atoms with E-state index < -0.39 is 17.6 Å². The minimum absolute atomic E-state index is 0.0318. The van der Waals surface area contributed by atoms with E-state index in [1.165, 1.54) is 35.2 Å². The Kier molecular flexibility index (Phi) is 3.79. The molecule has 1 aromatic heterocycles. The van der Waals surface area contributed by atoms with Crippen molar-refractivity contribution in [3.8, 4) is 0 Å². The van der Waals surface area contributed by atoms with E-state index in [-0.39, 0.29) is 10.7 Å². The molecule has 0 unspecified atom stereocenters. The summed E-state index contributed by atoms with van der Waals surface area (Å²) in [6.45, 7) is 0. The highest BCUT2D eigenvalue weighted by Crippen LogP contribution is 2.22. The number of hydrogen-bond donors (Lipinski definition) is 1. The van der Waals surface area contributed by atoms with E-state index in [4.69, 9.17) is 12.2 Å². The summed E-state index contributed by atoms with van der Waals surface area (Å²) >= 11 is 5.07. The Morgan fingerprint density at radius 1 is 1.17 bits per heavy atom. The van der Waals surface area contributed by atoms with Crippen LogP contribution in [0.15, 0.2) is 48.2 Å². The summed E-state index contributed by atoms with van der Waals surface area (Å²) < 4.78 is 14.8. The maximum absolute atomic E-state index is 13.1. The van der Waals surface area contributed by atoms with Gasteiger partial charge in [-0.1, -0.05) is 0 Å². The number of carbonyl (C=O) groups excluding carboxylic acids is 2. The largest absolute Gasteiger partial charge is 0.351 e. The van der Waals surface area contributed by atoms with Crippen LogP contribution in [0.3, 0.4) is 0 Å². The SMILES string of the molecule is Cn1cccc1/C=C1/C(=O)NC(=S)N(c2ccc(F)cc2)C1=O. The van der Waals surface area contributed by atoms with Gasteiger partial charge in [-0.2, -0.15) is 0 Å². The van der Waals surface area contributed by atoms with Crippen molar-refractivity contribution in [3.63, 3.8) is 0 Å². The Morgan fingerprint density at radius 2 is 1.87 bits per heavy atom. The van der Waals surface area contributed by atoms with E-state index in [9.17, 15) is 14.0 Å². The van der Waals surface area contributed by atoms with Gasteiger partial charge in [0.05, 0.1) is 5.69 Å². The van der Waals surface area contributed by atoms with Crippen LogP contribution in [-0.4, -0.2) is 21.5 Å². The second kappa shape index (κ2) is 5.77. The molecule has 0 radical (unpaired) electrons. The van der Waals surface area contributed by atoms with Crippen LogP contribution in [0.4, 0.5) is 10.1 Å². The molecule has 1 fully saturated rings. The first-order valence-electron chi connectivity index (χ1n) is 6.76. The minimum atomic E-state index is -0.556. The number of hydrogen-bond acceptors (Lipinski definition) is 3. The van der Waals surface area contributed by atoms with Crippen molar-refractivity contribution >= 4 is 40.9 Å². The van der Waals surface area contributed by atoms with Crippen LogP contribution in [0.1, 0.15) is 5.69 Å². The molecule has 23 heavy (non-hydrogen) atoms. The predicted molar refractivity (Wildman–Crippen MR) is 88.0 cm³/mol. The smallest absolute Gasteiger partial charge is 0.270 e. The lowest BCUT2D eigenvalue weighted by molar-refractivity contribution is -0.122. The zero-order valence-electron chi connectivity index (χ0n) is 12.1. The van der Waals surface area contributed by atoms with Gasteiger partial charge in [-0.05, 0) is 54.7 Å². The number of halogens is 1. The minimum Gasteiger partial charge on any atom is -0.351 e. The molecule has 2 aromatic rings. The second-order valence-corrected chi connectivity index (χ2v) is 5.36. The van der Waals surface area contributed by atoms with E-state index in [0.29, 0.717) is 11.4 Å². The zero-order valence-corrected chi connectivity index (χ0v) is 12.9. The molecule has 0 aliphatic carbocycles. The molecular formula is C16H12FN3O2S. The molecule has 1 saturated heterocycles. The Morgan fingerprint density at radius 3 is 2.48 bits per heavy atom. The van der Waals surface area contributed by atoms with Gasteiger partial charge in [-0.3, -0.25) is 19.8 Å². The third kappa shape index (κ3) is 2.78. The van der Waals surface area contributed by atoms with E-state index in [1.807, 2.05) is 0 Å². The highest BCUT2D eigenvalue weighted by Gasteiger charge is 2.34. The van der Waals surface area contributed by atoms with E-state index in [2.05, 4.69) is 5.32 Å². The van der Waals surface area contributed by atoms with Crippen molar-refractivity contribution in [2.45, 2.75) is 0 Å². The monoisotopic (exact) mass is 329 g/mol. The van der Waals surface area contributed by atoms with Crippen molar-refractivity contribution in [3.05, 3.63) is 59.7 Å². The third-order valence-electron chi connectivity index (χ3n) is 3.46. The lowest BCUT2D eigenvalue weighted by Crippen LogP contribution is -2.54. The fourth-order valence-electron chi connectivity index (χ4n) is 2.25. The molecule has 0 atom stereocenters. The van der Waals surface area contributed by atoms with Crippen molar-refractivity contribution in [2.75, 3.05) is 4.90 Å². The quantitative estimate of drug-likeness (QED) is 0.521. The average Bonchev–Trinajstić information content (AvgIpc) is 2.90. The summed E-state index contributed by atoms with van der Waals surface area (Å²) in [5.41, 5.74) is 1.05. The number of anilines is 1. The topological polar surface area (TPSA) is 54.3 Å². The molecule has 1 aromatic carbocycles. The molecule has 1 N–H and O–H groups in total. The number of benzene rings is 1. The number of thiocarbonyl (C=S) groups is 1. The molecule has 0 spiro atoms. The van der Waals surface area contributed by atoms with Crippen molar-refractivity contribution in [2.24, 2.45) is 7.05 Å². The number of nitrogens with one attached hydrogen (secondary N) is 1. The first kappa shape index (κ1) is 15.1. The van der Waals surface area contributed by atoms with Gasteiger partial charge < -0.3 is 4.57 Å². The summed E-state index contributed by atoms with van der Waals surface area (Å²) in [5, 5.41) is 2.45. The van der Waals surface area contributed by atoms with Gasteiger partial charge in [-0.25, -0.2) is 4.39 Å². The van der Waals surface area contributed by atoms with Crippen molar-refractivity contribution < 1.29 is 14.0 Å². The van der Waals surface area contributed by atoms with Gasteiger partial charge in [0, 0.05) is 18.9 Å². The standard InChI is InChI=1S/C16H12FN3O2S/c1-19-8-2-3-12(19)9-13-14(21)18-16(23)20(15(13)22)11-6-4-10(17)5-7-11/h2-9H,1H3,(H,18,21,23)/b13-9-. The molecule has 0 bridgehead atoms. The average molecular weight is 329 g/mol. The predicted octanol–water partition coefficient (Wildman–Crippen LogP) is 2.00. The number of amides is 2. The summed E-state index contributed by atoms with van der Waals surface area (Å²) in [5.74, 6) is -1.53. The molecular weight excluding hydrogens is 317 g/mol. The van der Waals surface area contributed by atoms with Gasteiger partial charge in [0.25, 0.3) is 11.8 Å². The number of aromatic nitrogens is 1. The molecule has 7 heteroatoms. The van der Waals surface area contributed by atoms with Crippen LogP contribution in [0, 0.1) is 5.82 Å². The van der Waals surface area contributed by atoms with Gasteiger partial charge in [0.1, 0.15) is 11.4 Å². The normalized spacial score (nSPS) is 16.9. The Balaban J connectivity index is 2.02. The van der Waals surface area contributed by atoms with Crippen LogP contribution in [0.2, 0.25) is 0 Å². The first-order valence-corrected chi connectivity index (χ1v) is 7.16. The lowest BCUT2D eigenvalue weighted by Gasteiger charge is -2.28. The Bertz CT molecular complexity index is 839. The van der Waals surface area contributed by atoms with Gasteiger partial charge in [0.15, 0.2) is 5.11 Å². The van der Waals surface area contributed by atoms with Gasteiger partial charge >= 0.3 is 0 Å². The molecule has 2 amide bonds. The molecule has 0 saturated carbocycles. The number of rotatable bonds is 2. The fraction of sp³-hybridized carbons (Fsp3) is 0.0625. The van der Waals surface area contributed by atoms with E-state index >= 15 is 0 Å². The van der Waals surface area contributed by atoms with Gasteiger partial charge in [0.2, 0.25) is 0 Å². The summed E-state index contributed by atoms with van der Waals surface area (Å²) in [6.07, 6.45) is 3.30. The van der Waals surface area contributed by atoms with E-state index in [0.717, 1.165) is 0 Å². The molecule has 116 valence electrons. The number of carbonyl (C=O) groups is 2. The fourth-order valence-corrected chi connectivity index (χ4v) is 2.54. The van der Waals surface area contributed by atoms with Crippen LogP contribution in [-0.2, 0) is 16.6 Å². The van der Waals surface area contributed by atoms with Crippen LogP contribution in [0.25, 0.3) is 6.08 Å². The number of aryl methyl sites for hydroxylation is 1. The zero-order chi connectivity index (χ0) is 16.6. The summed E-state index contributed by atoms with van der Waals surface area (Å²) in [7, 11) is 1.81. The van der Waals surface area contributed by atoms with Crippen LogP contribution >= 0.6 is 12.2 Å². The molecule has 5 nitrogen and oxygen atoms in total. The maximum atomic E-state index is 13.1. The molecule has 1 aliphatic heterocycles. The highest BCUT2D eigenvalue weighted by molar-refractivity contribution is 7.80. The van der Waals surface area contributed by atoms with Crippen LogP contribution in [0.5, 0.6) is 0 Å². The molecule has 1 aliphatic rings. The maximum Gasteiger partial charge on any atom is 0.270 e. The van der Waals surface area contributed by atoms with Gasteiger partial charge in [-0.15, -0.1) is 0 Å².